The molecule has 0 fully saturated rings. The van der Waals surface area contributed by atoms with Gasteiger partial charge in [0.2, 0.25) is 0 Å². The molecule has 59 heavy (non-hydrogen) atoms. The Morgan fingerprint density at radius 3 is 0.780 bits per heavy atom. The molecule has 3 aromatic rings. The molecule has 0 bridgehead atoms. The summed E-state index contributed by atoms with van der Waals surface area (Å²) in [6.45, 7) is 0. The van der Waals surface area contributed by atoms with Gasteiger partial charge in [-0.3, -0.25) is 0 Å². The molecule has 0 atom stereocenters. The van der Waals surface area contributed by atoms with Crippen LogP contribution in [0.5, 0.6) is 17.2 Å². The smallest absolute Gasteiger partial charge is 0.460 e. The molecule has 3 N–H and O–H groups in total. The zero-order valence-corrected chi connectivity index (χ0v) is 28.0. The summed E-state index contributed by atoms with van der Waals surface area (Å²) in [5.41, 5.74) is 0. The first-order chi connectivity index (χ1) is 26.1. The highest BCUT2D eigenvalue weighted by molar-refractivity contribution is 8.30. The van der Waals surface area contributed by atoms with Crippen molar-refractivity contribution in [1.82, 2.24) is 0 Å². The lowest BCUT2D eigenvalue weighted by atomic mass is 9.85. The van der Waals surface area contributed by atoms with Gasteiger partial charge < -0.3 is 19.5 Å². The second kappa shape index (κ2) is 14.2. The van der Waals surface area contributed by atoms with Gasteiger partial charge in [0.05, 0.1) is 0 Å². The Morgan fingerprint density at radius 1 is 0.356 bits per heavy atom. The molecule has 0 heterocycles. The second-order valence-electron chi connectivity index (χ2n) is 11.7. The molecule has 0 unspecified atom stereocenters. The SMILES string of the molecule is O=C(OS(c1ccc(O)cc1)(c1ccc(O)cc1)c1ccc(O)cc1)C(F)(F)C(F)(F)C(F)(F)C(F)(F)C(F)(F)C(F)(F)C(F)(F)C(F)(F)C(F)(F)C(F)(F)C(F)(F)F. The fourth-order valence-electron chi connectivity index (χ4n) is 4.52. The minimum Gasteiger partial charge on any atom is -0.508 e. The molecule has 29 heteroatoms. The average Bonchev–Trinajstić information content (AvgIpc) is 3.10. The van der Waals surface area contributed by atoms with Crippen LogP contribution < -0.4 is 0 Å². The number of aromatic hydroxyl groups is 3. The normalized spacial score (nSPS) is 15.2. The van der Waals surface area contributed by atoms with E-state index in [9.17, 15) is 112 Å². The van der Waals surface area contributed by atoms with Crippen LogP contribution in [-0.2, 0) is 8.98 Å². The molecule has 3 rings (SSSR count). The quantitative estimate of drug-likeness (QED) is 0.140. The Balaban J connectivity index is 2.27. The van der Waals surface area contributed by atoms with Gasteiger partial charge in [-0.25, -0.2) is 4.79 Å². The Hall–Kier alpha value is -4.73. The predicted octanol–water partition coefficient (Wildman–Crippen LogP) is 11.5. The van der Waals surface area contributed by atoms with E-state index in [-0.39, 0.29) is 0 Å². The number of carbonyl (C=O) groups excluding carboxylic acids is 1. The van der Waals surface area contributed by atoms with Crippen LogP contribution >= 0.6 is 10.3 Å². The van der Waals surface area contributed by atoms with Crippen molar-refractivity contribution >= 4 is 16.3 Å². The number of hydrogen-bond donors (Lipinski definition) is 3. The molecule has 0 aromatic heterocycles. The van der Waals surface area contributed by atoms with Crippen molar-refractivity contribution in [2.24, 2.45) is 0 Å². The van der Waals surface area contributed by atoms with Crippen LogP contribution in [0, 0.1) is 0 Å². The fourth-order valence-corrected chi connectivity index (χ4v) is 7.51. The lowest BCUT2D eigenvalue weighted by Crippen LogP contribution is -2.78. The Bertz CT molecular complexity index is 1890. The first-order valence-corrected chi connectivity index (χ1v) is 16.0. The van der Waals surface area contributed by atoms with Crippen LogP contribution in [0.1, 0.15) is 0 Å². The molecule has 0 amide bonds. The molecule has 0 radical (unpaired) electrons. The van der Waals surface area contributed by atoms with E-state index in [1.807, 2.05) is 0 Å². The minimum atomic E-state index is -9.62. The largest absolute Gasteiger partial charge is 0.508 e. The molecule has 0 aliphatic carbocycles. The molecular weight excluding hydrogens is 909 g/mol. The summed E-state index contributed by atoms with van der Waals surface area (Å²) in [6, 6.07) is 7.49. The maximum Gasteiger partial charge on any atom is 0.460 e. The van der Waals surface area contributed by atoms with Crippen molar-refractivity contribution < 1.29 is 125 Å². The molecule has 5 nitrogen and oxygen atoms in total. The molecule has 3 aromatic carbocycles. The number of carbonyl (C=O) groups is 1. The summed E-state index contributed by atoms with van der Waals surface area (Å²) in [7, 11) is -4.72. The minimum absolute atomic E-state index is 0.614. The van der Waals surface area contributed by atoms with E-state index < -0.39 is 114 Å². The van der Waals surface area contributed by atoms with Gasteiger partial charge in [-0.1, -0.05) is 0 Å². The first kappa shape index (κ1) is 48.6. The van der Waals surface area contributed by atoms with Gasteiger partial charge in [-0.05, 0) is 83.1 Å². The van der Waals surface area contributed by atoms with Crippen LogP contribution in [0.15, 0.2) is 87.5 Å². The topological polar surface area (TPSA) is 87.0 Å². The van der Waals surface area contributed by atoms with Crippen molar-refractivity contribution in [2.45, 2.75) is 80.1 Å². The summed E-state index contributed by atoms with van der Waals surface area (Å²) in [5.74, 6) is -97.6. The van der Waals surface area contributed by atoms with Gasteiger partial charge in [0.1, 0.15) is 17.2 Å². The fraction of sp³-hybridized carbons (Fsp3) is 0.367. The number of rotatable bonds is 14. The number of benzene rings is 3. The van der Waals surface area contributed by atoms with E-state index in [1.165, 1.54) is 0 Å². The number of alkyl halides is 23. The highest BCUT2D eigenvalue weighted by Gasteiger charge is 2.99. The lowest BCUT2D eigenvalue weighted by Gasteiger charge is -2.45. The number of phenols is 3. The number of hydrogen-bond acceptors (Lipinski definition) is 5. The van der Waals surface area contributed by atoms with E-state index in [2.05, 4.69) is 4.18 Å². The molecule has 0 aliphatic heterocycles. The monoisotopic (exact) mass is 924 g/mol. The van der Waals surface area contributed by atoms with Crippen LogP contribution in [-0.4, -0.2) is 86.7 Å². The second-order valence-corrected chi connectivity index (χ2v) is 14.3. The zero-order chi connectivity index (χ0) is 46.2. The molecule has 0 aliphatic rings. The van der Waals surface area contributed by atoms with Crippen molar-refractivity contribution in [3.8, 4) is 17.2 Å². The third-order valence-corrected chi connectivity index (χ3v) is 11.1. The van der Waals surface area contributed by atoms with E-state index >= 15 is 8.78 Å². The summed E-state index contributed by atoms with van der Waals surface area (Å²) >= 11 is 0. The third kappa shape index (κ3) is 6.73. The summed E-state index contributed by atoms with van der Waals surface area (Å²) in [4.78, 5) is 10.5. The predicted molar refractivity (Wildman–Crippen MR) is 148 cm³/mol. The molecular formula is C30H15F23O5S. The molecule has 0 saturated heterocycles. The number of halogens is 23. The van der Waals surface area contributed by atoms with E-state index in [0.717, 1.165) is 0 Å². The lowest BCUT2D eigenvalue weighted by molar-refractivity contribution is -0.477. The highest BCUT2D eigenvalue weighted by atomic mass is 32.3. The highest BCUT2D eigenvalue weighted by Crippen LogP contribution is 2.71. The Labute approximate surface area is 312 Å². The van der Waals surface area contributed by atoms with Crippen molar-refractivity contribution in [2.75, 3.05) is 0 Å². The van der Waals surface area contributed by atoms with Crippen molar-refractivity contribution in [1.29, 1.82) is 0 Å². The average molecular weight is 924 g/mol. The Morgan fingerprint density at radius 2 is 0.559 bits per heavy atom. The third-order valence-electron chi connectivity index (χ3n) is 7.87. The standard InChI is InChI=1S/C30H15F23O5S/c31-20(32,19(57)58-59(16-7-1-13(54)2-8-16,17-9-3-14(55)4-10-17)18-11-5-15(56)6-12-18)21(33,34)22(35,36)23(37,38)24(39,40)25(41,42)26(43,44)27(45,46)28(47,48)29(49,50)30(51,52)53/h1-12,54-56H. The van der Waals surface area contributed by atoms with Crippen LogP contribution in [0.3, 0.4) is 0 Å². The van der Waals surface area contributed by atoms with Crippen molar-refractivity contribution in [3.05, 3.63) is 72.8 Å². The van der Waals surface area contributed by atoms with Gasteiger partial charge in [-0.2, -0.15) is 101 Å². The summed E-state index contributed by atoms with van der Waals surface area (Å²) in [5, 5.41) is 29.1. The first-order valence-electron chi connectivity index (χ1n) is 14.4. The van der Waals surface area contributed by atoms with Crippen LogP contribution in [0.25, 0.3) is 0 Å². The summed E-state index contributed by atoms with van der Waals surface area (Å²) < 4.78 is 326. The number of phenolic OH excluding ortho intramolecular Hbond substituents is 3. The van der Waals surface area contributed by atoms with Crippen LogP contribution in [0.4, 0.5) is 101 Å². The molecule has 332 valence electrons. The van der Waals surface area contributed by atoms with E-state index in [1.54, 1.807) is 0 Å². The van der Waals surface area contributed by atoms with E-state index in [4.69, 9.17) is 0 Å². The van der Waals surface area contributed by atoms with Gasteiger partial charge in [0.25, 0.3) is 0 Å². The van der Waals surface area contributed by atoms with Gasteiger partial charge in [-0.15, -0.1) is 0 Å². The zero-order valence-electron chi connectivity index (χ0n) is 27.2. The van der Waals surface area contributed by atoms with Gasteiger partial charge >= 0.3 is 71.4 Å². The Kier molecular flexibility index (Phi) is 11.7. The van der Waals surface area contributed by atoms with Crippen molar-refractivity contribution in [3.63, 3.8) is 0 Å². The summed E-state index contributed by atoms with van der Waals surface area (Å²) in [6.07, 6.45) is -8.20. The molecule has 0 spiro atoms. The maximum absolute atomic E-state index is 15.3. The van der Waals surface area contributed by atoms with E-state index in [0.29, 0.717) is 72.8 Å². The maximum atomic E-state index is 15.3. The van der Waals surface area contributed by atoms with Crippen LogP contribution in [0.2, 0.25) is 0 Å². The van der Waals surface area contributed by atoms with Gasteiger partial charge in [0.15, 0.2) is 0 Å². The van der Waals surface area contributed by atoms with Gasteiger partial charge in [0, 0.05) is 14.7 Å². The molecule has 0 saturated carbocycles.